The fraction of sp³-hybridized carbons (Fsp3) is 0.150. The molecule has 1 amide bonds. The van der Waals surface area contributed by atoms with Crippen LogP contribution in [0.1, 0.15) is 15.9 Å². The first-order valence-corrected chi connectivity index (χ1v) is 8.89. The monoisotopic (exact) mass is 375 g/mol. The first kappa shape index (κ1) is 18.2. The number of thiophene rings is 1. The predicted molar refractivity (Wildman–Crippen MR) is 97.0 cm³/mol. The maximum atomic E-state index is 12.9. The number of carbonyl (C=O) groups is 1. The molecule has 0 saturated carbocycles. The summed E-state index contributed by atoms with van der Waals surface area (Å²) in [5.41, 5.74) is 2.82. The Hall–Kier alpha value is -2.60. The number of carbonyl (C=O) groups excluding carboxylic acids is 1. The van der Waals surface area contributed by atoms with E-state index >= 15 is 0 Å². The number of nitrogens with zero attached hydrogens (tertiary/aromatic N) is 1. The molecule has 0 aliphatic carbocycles. The third-order valence-electron chi connectivity index (χ3n) is 3.85. The molecule has 1 aromatic heterocycles. The van der Waals surface area contributed by atoms with Gasteiger partial charge in [0.1, 0.15) is 6.54 Å². The lowest BCUT2D eigenvalue weighted by Gasteiger charge is -2.24. The molecule has 0 spiro atoms. The van der Waals surface area contributed by atoms with Gasteiger partial charge in [0.15, 0.2) is 0 Å². The molecular weight excluding hydrogens is 359 g/mol. The Morgan fingerprint density at radius 2 is 1.58 bits per heavy atom. The van der Waals surface area contributed by atoms with Crippen molar-refractivity contribution >= 4 is 17.2 Å². The van der Waals surface area contributed by atoms with E-state index < -0.39 is 18.6 Å². The third kappa shape index (κ3) is 4.73. The lowest BCUT2D eigenvalue weighted by Crippen LogP contribution is -2.38. The van der Waals surface area contributed by atoms with E-state index in [0.29, 0.717) is 5.56 Å². The van der Waals surface area contributed by atoms with E-state index in [1.807, 2.05) is 30.3 Å². The van der Waals surface area contributed by atoms with Crippen molar-refractivity contribution in [3.8, 4) is 11.1 Å². The van der Waals surface area contributed by atoms with Crippen LogP contribution in [0.3, 0.4) is 0 Å². The average molecular weight is 375 g/mol. The summed E-state index contributed by atoms with van der Waals surface area (Å²) in [5, 5.41) is 3.52. The lowest BCUT2D eigenvalue weighted by atomic mass is 10.0. The maximum Gasteiger partial charge on any atom is 0.406 e. The number of benzene rings is 2. The van der Waals surface area contributed by atoms with Crippen molar-refractivity contribution in [1.82, 2.24) is 4.90 Å². The minimum Gasteiger partial charge on any atom is -0.325 e. The summed E-state index contributed by atoms with van der Waals surface area (Å²) in [7, 11) is 0. The molecule has 26 heavy (non-hydrogen) atoms. The molecule has 6 heteroatoms. The molecule has 0 fully saturated rings. The van der Waals surface area contributed by atoms with Gasteiger partial charge in [-0.05, 0) is 45.6 Å². The van der Waals surface area contributed by atoms with Crippen molar-refractivity contribution < 1.29 is 18.0 Å². The largest absolute Gasteiger partial charge is 0.406 e. The number of amides is 1. The van der Waals surface area contributed by atoms with Crippen LogP contribution in [0, 0.1) is 0 Å². The average Bonchev–Trinajstić information content (AvgIpc) is 3.13. The summed E-state index contributed by atoms with van der Waals surface area (Å²) in [6.45, 7) is -1.34. The molecular formula is C20H16F3NOS. The van der Waals surface area contributed by atoms with Crippen molar-refractivity contribution in [3.63, 3.8) is 0 Å². The fourth-order valence-electron chi connectivity index (χ4n) is 2.64. The second-order valence-corrected chi connectivity index (χ2v) is 6.63. The fourth-order valence-corrected chi connectivity index (χ4v) is 3.30. The first-order chi connectivity index (χ1) is 12.4. The summed E-state index contributed by atoms with van der Waals surface area (Å²) < 4.78 is 38.7. The highest BCUT2D eigenvalue weighted by Gasteiger charge is 2.33. The zero-order chi connectivity index (χ0) is 18.6. The predicted octanol–water partition coefficient (Wildman–Crippen LogP) is 5.62. The van der Waals surface area contributed by atoms with Crippen LogP contribution < -0.4 is 0 Å². The van der Waals surface area contributed by atoms with E-state index in [1.165, 1.54) is 11.3 Å². The van der Waals surface area contributed by atoms with Gasteiger partial charge in [0, 0.05) is 12.1 Å². The highest BCUT2D eigenvalue weighted by molar-refractivity contribution is 7.07. The molecule has 1 heterocycles. The Morgan fingerprint density at radius 1 is 0.923 bits per heavy atom. The van der Waals surface area contributed by atoms with Crippen molar-refractivity contribution in [1.29, 1.82) is 0 Å². The van der Waals surface area contributed by atoms with Gasteiger partial charge in [-0.1, -0.05) is 42.5 Å². The molecule has 2 nitrogen and oxygen atoms in total. The van der Waals surface area contributed by atoms with E-state index in [-0.39, 0.29) is 12.1 Å². The van der Waals surface area contributed by atoms with Gasteiger partial charge in [-0.2, -0.15) is 24.5 Å². The summed E-state index contributed by atoms with van der Waals surface area (Å²) in [5.74, 6) is -0.631. The lowest BCUT2D eigenvalue weighted by molar-refractivity contribution is -0.141. The summed E-state index contributed by atoms with van der Waals surface area (Å²) in [6, 6.07) is 17.9. The second kappa shape index (κ2) is 7.74. The maximum absolute atomic E-state index is 12.9. The van der Waals surface area contributed by atoms with Crippen LogP contribution in [0.2, 0.25) is 0 Å². The van der Waals surface area contributed by atoms with Crippen LogP contribution >= 0.6 is 11.3 Å². The van der Waals surface area contributed by atoms with Crippen molar-refractivity contribution in [2.75, 3.05) is 6.54 Å². The van der Waals surface area contributed by atoms with E-state index in [1.54, 1.807) is 41.1 Å². The van der Waals surface area contributed by atoms with E-state index in [2.05, 4.69) is 0 Å². The van der Waals surface area contributed by atoms with Crippen molar-refractivity contribution in [2.45, 2.75) is 12.7 Å². The minimum absolute atomic E-state index is 0.0672. The van der Waals surface area contributed by atoms with Crippen LogP contribution in [0.25, 0.3) is 11.1 Å². The zero-order valence-electron chi connectivity index (χ0n) is 13.7. The van der Waals surface area contributed by atoms with Crippen LogP contribution in [0.15, 0.2) is 71.4 Å². The Bertz CT molecular complexity index is 843. The van der Waals surface area contributed by atoms with Gasteiger partial charge in [0.05, 0.1) is 0 Å². The zero-order valence-corrected chi connectivity index (χ0v) is 14.6. The summed E-state index contributed by atoms with van der Waals surface area (Å²) in [4.78, 5) is 13.5. The normalized spacial score (nSPS) is 11.3. The Kier molecular flexibility index (Phi) is 5.42. The molecule has 0 N–H and O–H groups in total. The highest BCUT2D eigenvalue weighted by atomic mass is 32.1. The number of halogens is 3. The number of hydrogen-bond donors (Lipinski definition) is 0. The van der Waals surface area contributed by atoms with Gasteiger partial charge in [0.2, 0.25) is 0 Å². The number of hydrogen-bond acceptors (Lipinski definition) is 2. The molecule has 0 radical (unpaired) electrons. The first-order valence-electron chi connectivity index (χ1n) is 7.95. The van der Waals surface area contributed by atoms with Crippen LogP contribution in [-0.2, 0) is 6.54 Å². The molecule has 3 aromatic rings. The van der Waals surface area contributed by atoms with Gasteiger partial charge < -0.3 is 4.90 Å². The number of alkyl halides is 3. The van der Waals surface area contributed by atoms with Gasteiger partial charge in [-0.15, -0.1) is 0 Å². The Balaban J connectivity index is 1.81. The SMILES string of the molecule is O=C(c1ccc(-c2ccccc2)cc1)N(Cc1ccsc1)CC(F)(F)F. The number of rotatable bonds is 5. The molecule has 134 valence electrons. The molecule has 3 rings (SSSR count). The summed E-state index contributed by atoms with van der Waals surface area (Å²) in [6.07, 6.45) is -4.45. The molecule has 0 aliphatic heterocycles. The molecule has 0 bridgehead atoms. The minimum atomic E-state index is -4.45. The molecule has 0 saturated heterocycles. The van der Waals surface area contributed by atoms with Gasteiger partial charge in [0.25, 0.3) is 5.91 Å². The smallest absolute Gasteiger partial charge is 0.325 e. The van der Waals surface area contributed by atoms with E-state index in [4.69, 9.17) is 0 Å². The highest BCUT2D eigenvalue weighted by Crippen LogP contribution is 2.23. The standard InChI is InChI=1S/C20H16F3NOS/c21-20(22,23)14-24(12-15-10-11-26-13-15)19(25)18-8-6-17(7-9-18)16-4-2-1-3-5-16/h1-11,13H,12,14H2. The molecule has 0 atom stereocenters. The summed E-state index contributed by atoms with van der Waals surface area (Å²) >= 11 is 1.39. The van der Waals surface area contributed by atoms with Gasteiger partial charge in [-0.3, -0.25) is 4.79 Å². The van der Waals surface area contributed by atoms with Gasteiger partial charge in [-0.25, -0.2) is 0 Å². The third-order valence-corrected chi connectivity index (χ3v) is 4.58. The Labute approximate surface area is 153 Å². The van der Waals surface area contributed by atoms with Gasteiger partial charge >= 0.3 is 6.18 Å². The van der Waals surface area contributed by atoms with Crippen LogP contribution in [0.4, 0.5) is 13.2 Å². The quantitative estimate of drug-likeness (QED) is 0.567. The molecule has 2 aromatic carbocycles. The Morgan fingerprint density at radius 3 is 2.15 bits per heavy atom. The van der Waals surface area contributed by atoms with Crippen LogP contribution in [0.5, 0.6) is 0 Å². The molecule has 0 unspecified atom stereocenters. The van der Waals surface area contributed by atoms with Crippen molar-refractivity contribution in [3.05, 3.63) is 82.6 Å². The van der Waals surface area contributed by atoms with Crippen LogP contribution in [-0.4, -0.2) is 23.5 Å². The van der Waals surface area contributed by atoms with E-state index in [0.717, 1.165) is 16.0 Å². The molecule has 0 aliphatic rings. The topological polar surface area (TPSA) is 20.3 Å². The van der Waals surface area contributed by atoms with E-state index in [9.17, 15) is 18.0 Å². The second-order valence-electron chi connectivity index (χ2n) is 5.85. The van der Waals surface area contributed by atoms with Crippen molar-refractivity contribution in [2.24, 2.45) is 0 Å².